The highest BCUT2D eigenvalue weighted by molar-refractivity contribution is 5.38. The Kier molecular flexibility index (Phi) is 6.32. The predicted octanol–water partition coefficient (Wildman–Crippen LogP) is -0.243. The number of aryl methyl sites for hydroxylation is 1. The molecular weight excluding hydrogens is 379 g/mol. The smallest absolute Gasteiger partial charge is 0.362 e. The van der Waals surface area contributed by atoms with Crippen LogP contribution in [-0.2, 0) is 6.42 Å². The van der Waals surface area contributed by atoms with Crippen LogP contribution in [0.15, 0.2) is 42.5 Å². The van der Waals surface area contributed by atoms with Gasteiger partial charge in [0.05, 0.1) is 14.2 Å². The molecule has 0 unspecified atom stereocenters. The van der Waals surface area contributed by atoms with Crippen molar-refractivity contribution in [2.45, 2.75) is 12.8 Å². The maximum atomic E-state index is 9.11. The summed E-state index contributed by atoms with van der Waals surface area (Å²) in [6.45, 7) is 0.197. The maximum absolute atomic E-state index is 9.11. The molecule has 0 heterocycles. The molecule has 3 nitrogen and oxygen atoms in total. The van der Waals surface area contributed by atoms with Crippen LogP contribution in [0.5, 0.6) is 11.5 Å². The third-order valence-electron chi connectivity index (χ3n) is 3.08. The number of methoxy groups -OCH3 is 2. The lowest BCUT2D eigenvalue weighted by molar-refractivity contribution is -0.599. The minimum Gasteiger partial charge on any atom is -0.497 e. The quantitative estimate of drug-likeness (QED) is 0.654. The van der Waals surface area contributed by atoms with Gasteiger partial charge in [0.25, 0.3) is 0 Å². The van der Waals surface area contributed by atoms with Gasteiger partial charge in [0, 0.05) is 18.2 Å². The first-order valence-electron chi connectivity index (χ1n) is 6.84. The second-order valence-electron chi connectivity index (χ2n) is 4.52. The zero-order valence-electron chi connectivity index (χ0n) is 12.3. The summed E-state index contributed by atoms with van der Waals surface area (Å²) in [6.07, 6.45) is 1.59. The number of rotatable bonds is 7. The molecule has 0 amide bonds. The Labute approximate surface area is 136 Å². The Morgan fingerprint density at radius 2 is 1.81 bits per heavy atom. The lowest BCUT2D eigenvalue weighted by Crippen LogP contribution is -3.61. The standard InChI is InChI=1S/C17H20IO3/c1-20-15-11-13(7-6-10-19)17(16(12-15)21-2)18-14-8-4-3-5-9-14/h3-5,8-9,11-12,19H,6-7,10H2,1-2H3/q+1. The molecule has 2 rings (SSSR count). The summed E-state index contributed by atoms with van der Waals surface area (Å²) < 4.78 is 13.5. The minimum atomic E-state index is -0.319. The van der Waals surface area contributed by atoms with E-state index in [2.05, 4.69) is 30.3 Å². The van der Waals surface area contributed by atoms with E-state index in [-0.39, 0.29) is 27.8 Å². The van der Waals surface area contributed by atoms with Gasteiger partial charge in [-0.15, -0.1) is 0 Å². The molecule has 0 saturated heterocycles. The molecule has 0 aromatic heterocycles. The largest absolute Gasteiger partial charge is 0.497 e. The van der Waals surface area contributed by atoms with E-state index in [9.17, 15) is 0 Å². The van der Waals surface area contributed by atoms with Crippen molar-refractivity contribution < 1.29 is 35.8 Å². The summed E-state index contributed by atoms with van der Waals surface area (Å²) in [6, 6.07) is 14.5. The summed E-state index contributed by atoms with van der Waals surface area (Å²) >= 11 is -0.319. The van der Waals surface area contributed by atoms with Gasteiger partial charge in [-0.2, -0.15) is 0 Å². The van der Waals surface area contributed by atoms with Crippen molar-refractivity contribution in [2.75, 3.05) is 20.8 Å². The lowest BCUT2D eigenvalue weighted by Gasteiger charge is -2.09. The Balaban J connectivity index is 2.39. The summed E-state index contributed by atoms with van der Waals surface area (Å²) in [5, 5.41) is 9.11. The fraction of sp³-hybridized carbons (Fsp3) is 0.294. The normalized spacial score (nSPS) is 10.4. The zero-order valence-corrected chi connectivity index (χ0v) is 14.5. The van der Waals surface area contributed by atoms with E-state index in [1.54, 1.807) is 14.2 Å². The van der Waals surface area contributed by atoms with Gasteiger partial charge in [0.2, 0.25) is 3.57 Å². The summed E-state index contributed by atoms with van der Waals surface area (Å²) in [5.41, 5.74) is 1.22. The second-order valence-corrected chi connectivity index (χ2v) is 7.38. The van der Waals surface area contributed by atoms with Crippen LogP contribution in [0, 0.1) is 7.14 Å². The Hall–Kier alpha value is -1.27. The Bertz CT molecular complexity index is 570. The average Bonchev–Trinajstić information content (AvgIpc) is 2.54. The van der Waals surface area contributed by atoms with Gasteiger partial charge >= 0.3 is 21.2 Å². The molecule has 0 radical (unpaired) electrons. The molecular formula is C17H20IO3+. The van der Waals surface area contributed by atoms with Crippen molar-refractivity contribution in [3.63, 3.8) is 0 Å². The van der Waals surface area contributed by atoms with Gasteiger partial charge in [0.15, 0.2) is 9.32 Å². The van der Waals surface area contributed by atoms with Crippen LogP contribution in [0.1, 0.15) is 12.0 Å². The van der Waals surface area contributed by atoms with E-state index < -0.39 is 0 Å². The SMILES string of the molecule is COc1cc(CCCO)c([I+]c2ccccc2)c(OC)c1. The van der Waals surface area contributed by atoms with Gasteiger partial charge in [-0.1, -0.05) is 18.2 Å². The van der Waals surface area contributed by atoms with Crippen LogP contribution in [0.25, 0.3) is 0 Å². The number of halogens is 1. The molecule has 0 bridgehead atoms. The number of benzene rings is 2. The number of hydrogen-bond donors (Lipinski definition) is 1. The van der Waals surface area contributed by atoms with Crippen LogP contribution in [0.2, 0.25) is 0 Å². The second kappa shape index (κ2) is 8.24. The van der Waals surface area contributed by atoms with Crippen LogP contribution in [0.4, 0.5) is 0 Å². The van der Waals surface area contributed by atoms with E-state index in [1.165, 1.54) is 12.7 Å². The highest BCUT2D eigenvalue weighted by atomic mass is 127. The molecule has 1 N–H and O–H groups in total. The van der Waals surface area contributed by atoms with Gasteiger partial charge in [0.1, 0.15) is 5.75 Å². The number of aliphatic hydroxyl groups is 1. The number of aliphatic hydroxyl groups excluding tert-OH is 1. The first-order valence-corrected chi connectivity index (χ1v) is 9.00. The maximum Gasteiger partial charge on any atom is 0.362 e. The molecule has 0 aliphatic carbocycles. The molecule has 0 atom stereocenters. The van der Waals surface area contributed by atoms with E-state index >= 15 is 0 Å². The third kappa shape index (κ3) is 4.35. The molecule has 0 fully saturated rings. The van der Waals surface area contributed by atoms with Crippen molar-refractivity contribution in [1.82, 2.24) is 0 Å². The number of ether oxygens (including phenoxy) is 2. The number of hydrogen-bond acceptors (Lipinski definition) is 3. The molecule has 21 heavy (non-hydrogen) atoms. The van der Waals surface area contributed by atoms with Crippen LogP contribution < -0.4 is 30.7 Å². The van der Waals surface area contributed by atoms with Crippen molar-refractivity contribution in [1.29, 1.82) is 0 Å². The fourth-order valence-electron chi connectivity index (χ4n) is 2.04. The zero-order chi connectivity index (χ0) is 15.1. The van der Waals surface area contributed by atoms with Crippen LogP contribution in [0.3, 0.4) is 0 Å². The van der Waals surface area contributed by atoms with E-state index in [4.69, 9.17) is 14.6 Å². The monoisotopic (exact) mass is 399 g/mol. The molecule has 112 valence electrons. The van der Waals surface area contributed by atoms with Gasteiger partial charge in [-0.25, -0.2) is 0 Å². The van der Waals surface area contributed by atoms with Crippen molar-refractivity contribution in [3.8, 4) is 11.5 Å². The topological polar surface area (TPSA) is 38.7 Å². The van der Waals surface area contributed by atoms with Crippen LogP contribution >= 0.6 is 0 Å². The Morgan fingerprint density at radius 3 is 2.43 bits per heavy atom. The summed E-state index contributed by atoms with van der Waals surface area (Å²) in [7, 11) is 3.36. The Morgan fingerprint density at radius 1 is 1.05 bits per heavy atom. The first kappa shape index (κ1) is 16.1. The molecule has 2 aromatic carbocycles. The van der Waals surface area contributed by atoms with Crippen molar-refractivity contribution in [3.05, 3.63) is 55.2 Å². The molecule has 2 aromatic rings. The summed E-state index contributed by atoms with van der Waals surface area (Å²) in [5.74, 6) is 1.69. The first-order chi connectivity index (χ1) is 10.3. The van der Waals surface area contributed by atoms with Gasteiger partial charge < -0.3 is 14.6 Å². The predicted molar refractivity (Wildman–Crippen MR) is 78.8 cm³/mol. The molecule has 0 aliphatic heterocycles. The fourth-order valence-corrected chi connectivity index (χ4v) is 4.85. The van der Waals surface area contributed by atoms with Crippen molar-refractivity contribution in [2.24, 2.45) is 0 Å². The molecule has 0 saturated carbocycles. The van der Waals surface area contributed by atoms with E-state index in [1.807, 2.05) is 12.1 Å². The molecule has 0 aliphatic rings. The summed E-state index contributed by atoms with van der Waals surface area (Å²) in [4.78, 5) is 0. The van der Waals surface area contributed by atoms with Crippen molar-refractivity contribution >= 4 is 0 Å². The molecule has 4 heteroatoms. The van der Waals surface area contributed by atoms with Gasteiger partial charge in [-0.05, 0) is 31.0 Å². The lowest BCUT2D eigenvalue weighted by atomic mass is 10.1. The van der Waals surface area contributed by atoms with E-state index in [0.717, 1.165) is 24.3 Å². The average molecular weight is 399 g/mol. The highest BCUT2D eigenvalue weighted by Crippen LogP contribution is 2.23. The van der Waals surface area contributed by atoms with Crippen LogP contribution in [-0.4, -0.2) is 25.9 Å². The highest BCUT2D eigenvalue weighted by Gasteiger charge is 2.26. The molecule has 0 spiro atoms. The third-order valence-corrected chi connectivity index (χ3v) is 6.19. The minimum absolute atomic E-state index is 0.197. The van der Waals surface area contributed by atoms with Gasteiger partial charge in [-0.3, -0.25) is 0 Å². The van der Waals surface area contributed by atoms with E-state index in [0.29, 0.717) is 0 Å².